The molecule has 0 radical (unpaired) electrons. The van der Waals surface area contributed by atoms with Crippen LogP contribution in [0.2, 0.25) is 0 Å². The summed E-state index contributed by atoms with van der Waals surface area (Å²) in [5.41, 5.74) is 1.80. The fourth-order valence-electron chi connectivity index (χ4n) is 2.42. The van der Waals surface area contributed by atoms with Crippen LogP contribution in [0.5, 0.6) is 0 Å². The average Bonchev–Trinajstić information content (AvgIpc) is 2.42. The minimum atomic E-state index is -0.00670. The molecule has 0 atom stereocenters. The van der Waals surface area contributed by atoms with Gasteiger partial charge in [-0.15, -0.1) is 0 Å². The van der Waals surface area contributed by atoms with E-state index in [9.17, 15) is 4.79 Å². The lowest BCUT2D eigenvalue weighted by atomic mass is 10.2. The van der Waals surface area contributed by atoms with Crippen molar-refractivity contribution >= 4 is 11.6 Å². The van der Waals surface area contributed by atoms with Gasteiger partial charge in [-0.2, -0.15) is 0 Å². The third kappa shape index (κ3) is 5.38. The Morgan fingerprint density at radius 2 is 1.57 bits per heavy atom. The summed E-state index contributed by atoms with van der Waals surface area (Å²) in [5.74, 6) is -0.00670. The highest BCUT2D eigenvalue weighted by Gasteiger charge is 2.13. The maximum atomic E-state index is 12.1. The molecular formula is C17H29N3O. The normalized spacial score (nSPS) is 11.3. The molecule has 0 saturated heterocycles. The second kappa shape index (κ2) is 8.03. The van der Waals surface area contributed by atoms with Crippen LogP contribution >= 0.6 is 0 Å². The Hall–Kier alpha value is -1.55. The highest BCUT2D eigenvalue weighted by molar-refractivity contribution is 5.94. The van der Waals surface area contributed by atoms with Crippen molar-refractivity contribution < 1.29 is 4.79 Å². The number of hydrogen-bond acceptors (Lipinski definition) is 3. The summed E-state index contributed by atoms with van der Waals surface area (Å²) in [5, 5.41) is 2.99. The number of hydrogen-bond donors (Lipinski definition) is 1. The van der Waals surface area contributed by atoms with Gasteiger partial charge in [0.15, 0.2) is 0 Å². The average molecular weight is 291 g/mol. The zero-order valence-corrected chi connectivity index (χ0v) is 14.2. The standard InChI is InChI=1S/C17H29N3O/c1-13(2)20(14(3)4)12-11-18-17(21)15-7-9-16(10-8-15)19(5)6/h7-10,13-14H,11-12H2,1-6H3,(H,18,21). The van der Waals surface area contributed by atoms with E-state index in [2.05, 4.69) is 37.9 Å². The van der Waals surface area contributed by atoms with Crippen LogP contribution in [0.4, 0.5) is 5.69 Å². The first-order valence-corrected chi connectivity index (χ1v) is 7.64. The van der Waals surface area contributed by atoms with E-state index in [0.29, 0.717) is 24.2 Å². The third-order valence-corrected chi connectivity index (χ3v) is 3.63. The van der Waals surface area contributed by atoms with Gasteiger partial charge >= 0.3 is 0 Å². The molecule has 0 aliphatic carbocycles. The number of amides is 1. The van der Waals surface area contributed by atoms with Crippen LogP contribution in [0.15, 0.2) is 24.3 Å². The molecule has 118 valence electrons. The van der Waals surface area contributed by atoms with Crippen molar-refractivity contribution in [2.24, 2.45) is 0 Å². The van der Waals surface area contributed by atoms with E-state index in [0.717, 1.165) is 12.2 Å². The molecule has 0 aliphatic rings. The summed E-state index contributed by atoms with van der Waals surface area (Å²) in [6.45, 7) is 10.3. The van der Waals surface area contributed by atoms with Crippen molar-refractivity contribution in [3.63, 3.8) is 0 Å². The monoisotopic (exact) mass is 291 g/mol. The molecule has 0 unspecified atom stereocenters. The first-order valence-electron chi connectivity index (χ1n) is 7.64. The molecule has 0 bridgehead atoms. The SMILES string of the molecule is CC(C)N(CCNC(=O)c1ccc(N(C)C)cc1)C(C)C. The zero-order chi connectivity index (χ0) is 16.0. The minimum Gasteiger partial charge on any atom is -0.378 e. The second-order valence-corrected chi connectivity index (χ2v) is 6.12. The molecule has 1 aromatic rings. The van der Waals surface area contributed by atoms with E-state index in [1.54, 1.807) is 0 Å². The number of nitrogens with one attached hydrogen (secondary N) is 1. The van der Waals surface area contributed by atoms with Crippen LogP contribution in [-0.2, 0) is 0 Å². The van der Waals surface area contributed by atoms with Gasteiger partial charge in [-0.05, 0) is 52.0 Å². The van der Waals surface area contributed by atoms with Gasteiger partial charge in [0.25, 0.3) is 5.91 Å². The van der Waals surface area contributed by atoms with E-state index >= 15 is 0 Å². The number of nitrogens with zero attached hydrogens (tertiary/aromatic N) is 2. The number of carbonyl (C=O) groups excluding carboxylic acids is 1. The maximum absolute atomic E-state index is 12.1. The van der Waals surface area contributed by atoms with Gasteiger partial charge in [0, 0.05) is 50.5 Å². The lowest BCUT2D eigenvalue weighted by Crippen LogP contribution is -2.42. The summed E-state index contributed by atoms with van der Waals surface area (Å²) >= 11 is 0. The number of benzene rings is 1. The lowest BCUT2D eigenvalue weighted by Gasteiger charge is -2.30. The summed E-state index contributed by atoms with van der Waals surface area (Å²) in [6, 6.07) is 8.63. The zero-order valence-electron chi connectivity index (χ0n) is 14.2. The first-order chi connectivity index (χ1) is 9.82. The fraction of sp³-hybridized carbons (Fsp3) is 0.588. The first kappa shape index (κ1) is 17.5. The topological polar surface area (TPSA) is 35.6 Å². The van der Waals surface area contributed by atoms with Crippen molar-refractivity contribution in [3.8, 4) is 0 Å². The molecule has 1 aromatic carbocycles. The fourth-order valence-corrected chi connectivity index (χ4v) is 2.42. The molecule has 4 heteroatoms. The third-order valence-electron chi connectivity index (χ3n) is 3.63. The van der Waals surface area contributed by atoms with E-state index in [1.165, 1.54) is 0 Å². The van der Waals surface area contributed by atoms with Gasteiger partial charge < -0.3 is 10.2 Å². The van der Waals surface area contributed by atoms with Crippen LogP contribution in [-0.4, -0.2) is 50.1 Å². The predicted octanol–water partition coefficient (Wildman–Crippen LogP) is 2.60. The van der Waals surface area contributed by atoms with Gasteiger partial charge in [-0.3, -0.25) is 9.69 Å². The summed E-state index contributed by atoms with van der Waals surface area (Å²) in [4.78, 5) is 16.5. The van der Waals surface area contributed by atoms with Crippen LogP contribution in [0.25, 0.3) is 0 Å². The molecule has 1 amide bonds. The molecule has 21 heavy (non-hydrogen) atoms. The Morgan fingerprint density at radius 3 is 2.00 bits per heavy atom. The molecule has 4 nitrogen and oxygen atoms in total. The number of anilines is 1. The predicted molar refractivity (Wildman–Crippen MR) is 90.1 cm³/mol. The Labute approximate surface area is 129 Å². The Kier molecular flexibility index (Phi) is 6.69. The van der Waals surface area contributed by atoms with Crippen LogP contribution < -0.4 is 10.2 Å². The van der Waals surface area contributed by atoms with Gasteiger partial charge in [0.2, 0.25) is 0 Å². The second-order valence-electron chi connectivity index (χ2n) is 6.12. The number of rotatable bonds is 7. The van der Waals surface area contributed by atoms with Crippen LogP contribution in [0.1, 0.15) is 38.1 Å². The summed E-state index contributed by atoms with van der Waals surface area (Å²) in [6.07, 6.45) is 0. The molecule has 0 aliphatic heterocycles. The van der Waals surface area contributed by atoms with E-state index < -0.39 is 0 Å². The van der Waals surface area contributed by atoms with Crippen molar-refractivity contribution in [3.05, 3.63) is 29.8 Å². The highest BCUT2D eigenvalue weighted by Crippen LogP contribution is 2.12. The van der Waals surface area contributed by atoms with Gasteiger partial charge in [-0.25, -0.2) is 0 Å². The van der Waals surface area contributed by atoms with Gasteiger partial charge in [0.1, 0.15) is 0 Å². The molecule has 0 fully saturated rings. The lowest BCUT2D eigenvalue weighted by molar-refractivity contribution is 0.0939. The molecule has 0 aromatic heterocycles. The quantitative estimate of drug-likeness (QED) is 0.839. The Morgan fingerprint density at radius 1 is 1.05 bits per heavy atom. The van der Waals surface area contributed by atoms with Crippen LogP contribution in [0, 0.1) is 0 Å². The van der Waals surface area contributed by atoms with Crippen LogP contribution in [0.3, 0.4) is 0 Å². The van der Waals surface area contributed by atoms with E-state index in [-0.39, 0.29) is 5.91 Å². The molecule has 0 heterocycles. The molecule has 0 spiro atoms. The molecule has 1 N–H and O–H groups in total. The Bertz CT molecular complexity index is 430. The smallest absolute Gasteiger partial charge is 0.251 e. The summed E-state index contributed by atoms with van der Waals surface area (Å²) in [7, 11) is 3.98. The van der Waals surface area contributed by atoms with Gasteiger partial charge in [-0.1, -0.05) is 0 Å². The van der Waals surface area contributed by atoms with Crippen molar-refractivity contribution in [2.75, 3.05) is 32.1 Å². The highest BCUT2D eigenvalue weighted by atomic mass is 16.1. The largest absolute Gasteiger partial charge is 0.378 e. The van der Waals surface area contributed by atoms with E-state index in [4.69, 9.17) is 0 Å². The summed E-state index contributed by atoms with van der Waals surface area (Å²) < 4.78 is 0. The molecular weight excluding hydrogens is 262 g/mol. The number of carbonyl (C=O) groups is 1. The Balaban J connectivity index is 2.50. The molecule has 0 saturated carbocycles. The van der Waals surface area contributed by atoms with Crippen molar-refractivity contribution in [1.29, 1.82) is 0 Å². The van der Waals surface area contributed by atoms with E-state index in [1.807, 2.05) is 43.3 Å². The minimum absolute atomic E-state index is 0.00670. The maximum Gasteiger partial charge on any atom is 0.251 e. The van der Waals surface area contributed by atoms with Crippen molar-refractivity contribution in [1.82, 2.24) is 10.2 Å². The van der Waals surface area contributed by atoms with Gasteiger partial charge in [0.05, 0.1) is 0 Å². The van der Waals surface area contributed by atoms with Crippen molar-refractivity contribution in [2.45, 2.75) is 39.8 Å². The molecule has 1 rings (SSSR count).